The zero-order chi connectivity index (χ0) is 17.4. The van der Waals surface area contributed by atoms with Gasteiger partial charge in [0.1, 0.15) is 5.69 Å². The highest BCUT2D eigenvalue weighted by Gasteiger charge is 2.37. The van der Waals surface area contributed by atoms with Crippen molar-refractivity contribution in [3.63, 3.8) is 0 Å². The van der Waals surface area contributed by atoms with E-state index < -0.39 is 0 Å². The van der Waals surface area contributed by atoms with Crippen LogP contribution in [0.1, 0.15) is 53.7 Å². The summed E-state index contributed by atoms with van der Waals surface area (Å²) < 4.78 is 3.94. The van der Waals surface area contributed by atoms with Crippen LogP contribution in [-0.2, 0) is 7.05 Å². The molecule has 0 spiro atoms. The van der Waals surface area contributed by atoms with Crippen molar-refractivity contribution < 1.29 is 9.90 Å². The van der Waals surface area contributed by atoms with Crippen molar-refractivity contribution >= 4 is 5.91 Å². The van der Waals surface area contributed by atoms with Gasteiger partial charge in [0.05, 0.1) is 6.20 Å². The summed E-state index contributed by atoms with van der Waals surface area (Å²) in [6.07, 6.45) is 10.7. The van der Waals surface area contributed by atoms with E-state index in [2.05, 4.69) is 9.67 Å². The van der Waals surface area contributed by atoms with Gasteiger partial charge in [0, 0.05) is 57.0 Å². The van der Waals surface area contributed by atoms with Gasteiger partial charge in [-0.2, -0.15) is 5.10 Å². The molecule has 6 nitrogen and oxygen atoms in total. The van der Waals surface area contributed by atoms with Crippen LogP contribution in [0.15, 0.2) is 30.7 Å². The van der Waals surface area contributed by atoms with E-state index in [1.165, 1.54) is 12.8 Å². The Morgan fingerprint density at radius 1 is 1.32 bits per heavy atom. The first-order valence-electron chi connectivity index (χ1n) is 9.23. The predicted octanol–water partition coefficient (Wildman–Crippen LogP) is 2.18. The minimum Gasteiger partial charge on any atom is -0.396 e. The summed E-state index contributed by atoms with van der Waals surface area (Å²) in [5.74, 6) is 0.308. The molecule has 1 saturated heterocycles. The third-order valence-corrected chi connectivity index (χ3v) is 5.83. The average molecular weight is 342 g/mol. The normalized spacial score (nSPS) is 24.3. The van der Waals surface area contributed by atoms with Crippen LogP contribution in [0.4, 0.5) is 0 Å². The zero-order valence-corrected chi connectivity index (χ0v) is 14.7. The Morgan fingerprint density at radius 2 is 2.12 bits per heavy atom. The van der Waals surface area contributed by atoms with E-state index in [0.29, 0.717) is 19.1 Å². The van der Waals surface area contributed by atoms with Crippen LogP contribution in [0, 0.1) is 5.92 Å². The minimum absolute atomic E-state index is 0.0723. The number of carbonyl (C=O) groups is 1. The van der Waals surface area contributed by atoms with Gasteiger partial charge in [0.25, 0.3) is 5.91 Å². The summed E-state index contributed by atoms with van der Waals surface area (Å²) in [5, 5.41) is 14.0. The Balaban J connectivity index is 1.54. The number of carbonyl (C=O) groups excluding carboxylic acids is 1. The Hall–Kier alpha value is -2.08. The summed E-state index contributed by atoms with van der Waals surface area (Å²) in [6, 6.07) is 4.37. The van der Waals surface area contributed by atoms with E-state index >= 15 is 0 Å². The van der Waals surface area contributed by atoms with Gasteiger partial charge in [-0.15, -0.1) is 0 Å². The molecule has 1 saturated carbocycles. The second-order valence-corrected chi connectivity index (χ2v) is 7.45. The third kappa shape index (κ3) is 2.99. The van der Waals surface area contributed by atoms with E-state index in [9.17, 15) is 9.90 Å². The lowest BCUT2D eigenvalue weighted by atomic mass is 9.92. The zero-order valence-electron chi connectivity index (χ0n) is 14.7. The lowest BCUT2D eigenvalue weighted by molar-refractivity contribution is 0.0768. The van der Waals surface area contributed by atoms with Gasteiger partial charge in [-0.3, -0.25) is 9.48 Å². The maximum Gasteiger partial charge on any atom is 0.270 e. The number of aromatic nitrogens is 3. The lowest BCUT2D eigenvalue weighted by Gasteiger charge is -2.20. The maximum absolute atomic E-state index is 13.1. The van der Waals surface area contributed by atoms with Gasteiger partial charge in [0.2, 0.25) is 0 Å². The highest BCUT2D eigenvalue weighted by molar-refractivity contribution is 5.93. The summed E-state index contributed by atoms with van der Waals surface area (Å²) in [7, 11) is 1.89. The highest BCUT2D eigenvalue weighted by atomic mass is 16.3. The molecule has 25 heavy (non-hydrogen) atoms. The molecule has 2 aliphatic rings. The smallest absolute Gasteiger partial charge is 0.270 e. The molecule has 6 heteroatoms. The molecule has 0 aromatic carbocycles. The van der Waals surface area contributed by atoms with Crippen LogP contribution in [-0.4, -0.2) is 50.0 Å². The molecule has 0 unspecified atom stereocenters. The Bertz CT molecular complexity index is 744. The molecule has 1 aliphatic heterocycles. The van der Waals surface area contributed by atoms with E-state index in [-0.39, 0.29) is 24.3 Å². The summed E-state index contributed by atoms with van der Waals surface area (Å²) in [4.78, 5) is 15.0. The van der Waals surface area contributed by atoms with Gasteiger partial charge in [0.15, 0.2) is 0 Å². The van der Waals surface area contributed by atoms with Crippen LogP contribution < -0.4 is 0 Å². The largest absolute Gasteiger partial charge is 0.396 e. The molecular formula is C19H26N4O2. The number of nitrogens with zero attached hydrogens (tertiary/aromatic N) is 4. The topological polar surface area (TPSA) is 63.3 Å². The molecule has 1 aliphatic carbocycles. The van der Waals surface area contributed by atoms with Gasteiger partial charge in [-0.05, 0) is 30.5 Å². The Kier molecular flexibility index (Phi) is 4.37. The van der Waals surface area contributed by atoms with Crippen LogP contribution in [0.2, 0.25) is 0 Å². The standard InChI is InChI=1S/C19H26N4O2/c1-21-10-14(9-20-21)17-12-22(11-15(17)13-24)19(25)18-7-4-8-23(18)16-5-2-3-6-16/h4,7-10,15-17,24H,2-3,5-6,11-13H2,1H3/t15-,17-/m0/s1. The van der Waals surface area contributed by atoms with Crippen LogP contribution in [0.5, 0.6) is 0 Å². The van der Waals surface area contributed by atoms with Crippen LogP contribution in [0.3, 0.4) is 0 Å². The number of likely N-dealkylation sites (tertiary alicyclic amines) is 1. The van der Waals surface area contributed by atoms with Crippen LogP contribution in [0.25, 0.3) is 0 Å². The molecule has 2 aromatic heterocycles. The molecule has 134 valence electrons. The molecule has 1 N–H and O–H groups in total. The Morgan fingerprint density at radius 3 is 2.80 bits per heavy atom. The summed E-state index contributed by atoms with van der Waals surface area (Å²) >= 11 is 0. The van der Waals surface area contributed by atoms with E-state index in [1.54, 1.807) is 4.68 Å². The van der Waals surface area contributed by atoms with E-state index in [4.69, 9.17) is 0 Å². The number of aliphatic hydroxyl groups is 1. The number of amides is 1. The number of hydrogen-bond acceptors (Lipinski definition) is 3. The predicted molar refractivity (Wildman–Crippen MR) is 94.4 cm³/mol. The SMILES string of the molecule is Cn1cc([C@@H]2CN(C(=O)c3cccn3C3CCCC3)C[C@H]2CO)cn1. The maximum atomic E-state index is 13.1. The Labute approximate surface area is 148 Å². The third-order valence-electron chi connectivity index (χ3n) is 5.83. The fourth-order valence-corrected chi connectivity index (χ4v) is 4.47. The first-order chi connectivity index (χ1) is 12.2. The van der Waals surface area contributed by atoms with Crippen molar-refractivity contribution in [1.29, 1.82) is 0 Å². The fourth-order valence-electron chi connectivity index (χ4n) is 4.47. The van der Waals surface area contributed by atoms with E-state index in [0.717, 1.165) is 24.1 Å². The summed E-state index contributed by atoms with van der Waals surface area (Å²) in [5.41, 5.74) is 1.89. The van der Waals surface area contributed by atoms with Crippen molar-refractivity contribution in [3.05, 3.63) is 42.0 Å². The first-order valence-corrected chi connectivity index (χ1v) is 9.23. The minimum atomic E-state index is 0.0723. The van der Waals surface area contributed by atoms with Crippen molar-refractivity contribution in [2.75, 3.05) is 19.7 Å². The number of rotatable bonds is 4. The molecule has 1 amide bonds. The van der Waals surface area contributed by atoms with Crippen molar-refractivity contribution in [2.45, 2.75) is 37.6 Å². The highest BCUT2D eigenvalue weighted by Crippen LogP contribution is 2.35. The first kappa shape index (κ1) is 16.4. The second-order valence-electron chi connectivity index (χ2n) is 7.45. The van der Waals surface area contributed by atoms with Gasteiger partial charge in [-0.1, -0.05) is 12.8 Å². The molecule has 3 heterocycles. The van der Waals surface area contributed by atoms with Crippen molar-refractivity contribution in [2.24, 2.45) is 13.0 Å². The molecule has 2 aromatic rings. The fraction of sp³-hybridized carbons (Fsp3) is 0.579. The molecule has 0 radical (unpaired) electrons. The van der Waals surface area contributed by atoms with Crippen LogP contribution >= 0.6 is 0 Å². The second kappa shape index (κ2) is 6.67. The quantitative estimate of drug-likeness (QED) is 0.926. The monoisotopic (exact) mass is 342 g/mol. The van der Waals surface area contributed by atoms with Crippen molar-refractivity contribution in [1.82, 2.24) is 19.2 Å². The van der Waals surface area contributed by atoms with Gasteiger partial charge in [-0.25, -0.2) is 0 Å². The number of hydrogen-bond donors (Lipinski definition) is 1. The van der Waals surface area contributed by atoms with Crippen molar-refractivity contribution in [3.8, 4) is 0 Å². The lowest BCUT2D eigenvalue weighted by Crippen LogP contribution is -2.31. The van der Waals surface area contributed by atoms with Gasteiger partial charge < -0.3 is 14.6 Å². The molecular weight excluding hydrogens is 316 g/mol. The molecule has 2 atom stereocenters. The number of aryl methyl sites for hydroxylation is 1. The number of aliphatic hydroxyl groups excluding tert-OH is 1. The summed E-state index contributed by atoms with van der Waals surface area (Å²) in [6.45, 7) is 1.34. The van der Waals surface area contributed by atoms with Gasteiger partial charge >= 0.3 is 0 Å². The molecule has 2 fully saturated rings. The average Bonchev–Trinajstić information content (AvgIpc) is 3.37. The molecule has 4 rings (SSSR count). The van der Waals surface area contributed by atoms with E-state index in [1.807, 2.05) is 42.7 Å². The molecule has 0 bridgehead atoms.